The molecule has 0 radical (unpaired) electrons. The smallest absolute Gasteiger partial charge is 0.0698 e. The van der Waals surface area contributed by atoms with Gasteiger partial charge in [-0.05, 0) is 20.8 Å². The van der Waals surface area contributed by atoms with E-state index in [0.717, 1.165) is 0 Å². The molecule has 0 aliphatic carbocycles. The van der Waals surface area contributed by atoms with E-state index >= 15 is 0 Å². The fraction of sp³-hybridized carbons (Fsp3) is 1.00. The Bertz CT molecular complexity index is 53.6. The van der Waals surface area contributed by atoms with Crippen LogP contribution in [0.4, 0.5) is 0 Å². The number of hydrogen-bond acceptors (Lipinski definition) is 1. The second-order valence-corrected chi connectivity index (χ2v) is 3.21. The Morgan fingerprint density at radius 3 is 1.71 bits per heavy atom. The minimum Gasteiger partial charge on any atom is -0.392 e. The maximum absolute atomic E-state index is 8.76. The zero-order valence-electron chi connectivity index (χ0n) is 4.90. The highest BCUT2D eigenvalue weighted by molar-refractivity contribution is 6.23. The molecule has 0 aromatic rings. The number of halogens is 1. The number of aliphatic hydroxyl groups excluding tert-OH is 1. The summed E-state index contributed by atoms with van der Waals surface area (Å²) in [6, 6.07) is 0. The summed E-state index contributed by atoms with van der Waals surface area (Å²) < 4.78 is 0. The first-order valence-corrected chi connectivity index (χ1v) is 2.69. The summed E-state index contributed by atoms with van der Waals surface area (Å²) in [5.74, 6) is 0. The van der Waals surface area contributed by atoms with E-state index in [1.165, 1.54) is 0 Å². The van der Waals surface area contributed by atoms with Gasteiger partial charge in [-0.25, -0.2) is 0 Å². The zero-order valence-corrected chi connectivity index (χ0v) is 5.66. The van der Waals surface area contributed by atoms with Gasteiger partial charge in [0.15, 0.2) is 0 Å². The Balaban J connectivity index is 3.54. The summed E-state index contributed by atoms with van der Waals surface area (Å²) >= 11 is 5.62. The van der Waals surface area contributed by atoms with Crippen LogP contribution in [0, 0.1) is 0 Å². The first kappa shape index (κ1) is 7.25. The fourth-order valence-corrected chi connectivity index (χ4v) is 0. The van der Waals surface area contributed by atoms with Crippen molar-refractivity contribution in [3.8, 4) is 0 Å². The lowest BCUT2D eigenvalue weighted by Gasteiger charge is -2.18. The van der Waals surface area contributed by atoms with Crippen molar-refractivity contribution < 1.29 is 5.11 Å². The van der Waals surface area contributed by atoms with E-state index in [9.17, 15) is 0 Å². The van der Waals surface area contributed by atoms with Gasteiger partial charge in [-0.3, -0.25) is 0 Å². The van der Waals surface area contributed by atoms with Crippen molar-refractivity contribution in [3.05, 3.63) is 0 Å². The van der Waals surface area contributed by atoms with Gasteiger partial charge in [0.25, 0.3) is 0 Å². The molecule has 1 nitrogen and oxygen atoms in total. The molecule has 0 aliphatic heterocycles. The molecule has 0 saturated heterocycles. The van der Waals surface area contributed by atoms with Crippen molar-refractivity contribution in [1.82, 2.24) is 0 Å². The number of rotatable bonds is 1. The van der Waals surface area contributed by atoms with Crippen molar-refractivity contribution >= 4 is 11.6 Å². The van der Waals surface area contributed by atoms with Crippen LogP contribution in [-0.2, 0) is 0 Å². The van der Waals surface area contributed by atoms with Crippen molar-refractivity contribution in [2.24, 2.45) is 0 Å². The van der Waals surface area contributed by atoms with E-state index < -0.39 is 11.0 Å². The molecule has 0 fully saturated rings. The van der Waals surface area contributed by atoms with Crippen LogP contribution >= 0.6 is 11.6 Å². The van der Waals surface area contributed by atoms with E-state index in [-0.39, 0.29) is 0 Å². The van der Waals surface area contributed by atoms with Gasteiger partial charge in [0.2, 0.25) is 0 Å². The first-order chi connectivity index (χ1) is 2.94. The van der Waals surface area contributed by atoms with Crippen molar-refractivity contribution in [3.63, 3.8) is 0 Å². The largest absolute Gasteiger partial charge is 0.392 e. The van der Waals surface area contributed by atoms with Crippen LogP contribution in [0.2, 0.25) is 0 Å². The summed E-state index contributed by atoms with van der Waals surface area (Å²) in [5, 5.41) is 8.76. The molecule has 1 unspecified atom stereocenters. The highest BCUT2D eigenvalue weighted by Crippen LogP contribution is 2.16. The Labute approximate surface area is 49.3 Å². The van der Waals surface area contributed by atoms with Crippen LogP contribution in [0.3, 0.4) is 0 Å². The van der Waals surface area contributed by atoms with E-state index in [0.29, 0.717) is 0 Å². The molecule has 1 N–H and O–H groups in total. The summed E-state index contributed by atoms with van der Waals surface area (Å²) in [6.45, 7) is 5.23. The van der Waals surface area contributed by atoms with Crippen LogP contribution < -0.4 is 0 Å². The Hall–Kier alpha value is 0.250. The number of alkyl halides is 1. The Morgan fingerprint density at radius 1 is 1.57 bits per heavy atom. The maximum atomic E-state index is 8.76. The third kappa shape index (κ3) is 2.89. The van der Waals surface area contributed by atoms with Crippen molar-refractivity contribution in [1.29, 1.82) is 0 Å². The van der Waals surface area contributed by atoms with Crippen molar-refractivity contribution in [2.45, 2.75) is 31.7 Å². The summed E-state index contributed by atoms with van der Waals surface area (Å²) in [6.07, 6.45) is -0.436. The molecule has 44 valence electrons. The highest BCUT2D eigenvalue weighted by Gasteiger charge is 2.19. The van der Waals surface area contributed by atoms with Gasteiger partial charge < -0.3 is 5.11 Å². The number of aliphatic hydroxyl groups is 1. The average molecular weight is 123 g/mol. The van der Waals surface area contributed by atoms with Gasteiger partial charge in [-0.2, -0.15) is 0 Å². The highest BCUT2D eigenvalue weighted by atomic mass is 35.5. The summed E-state index contributed by atoms with van der Waals surface area (Å²) in [7, 11) is 0. The van der Waals surface area contributed by atoms with Gasteiger partial charge in [0.05, 0.1) is 11.0 Å². The van der Waals surface area contributed by atoms with E-state index in [2.05, 4.69) is 0 Å². The minimum atomic E-state index is -0.472. The van der Waals surface area contributed by atoms with Crippen LogP contribution in [0.15, 0.2) is 0 Å². The molecule has 0 aliphatic rings. The second kappa shape index (κ2) is 2.01. The summed E-state index contributed by atoms with van der Waals surface area (Å²) in [5.41, 5.74) is 0. The first-order valence-electron chi connectivity index (χ1n) is 2.31. The lowest BCUT2D eigenvalue weighted by Crippen LogP contribution is -2.26. The molecule has 0 aromatic heterocycles. The van der Waals surface area contributed by atoms with E-state index in [1.54, 1.807) is 20.8 Å². The third-order valence-corrected chi connectivity index (χ3v) is 1.31. The van der Waals surface area contributed by atoms with Crippen LogP contribution in [-0.4, -0.2) is 16.1 Å². The standard InChI is InChI=1S/C5H11ClO/c1-4(7)5(2,3)6/h4,7H,1-3H3. The normalized spacial score (nSPS) is 16.7. The van der Waals surface area contributed by atoms with Crippen molar-refractivity contribution in [2.75, 3.05) is 0 Å². The molecule has 0 amide bonds. The lowest BCUT2D eigenvalue weighted by molar-refractivity contribution is 0.158. The SMILES string of the molecule is CC(O)C(C)(C)Cl. The monoisotopic (exact) mass is 122 g/mol. The van der Waals surface area contributed by atoms with Crippen LogP contribution in [0.1, 0.15) is 20.8 Å². The van der Waals surface area contributed by atoms with Gasteiger partial charge in [0.1, 0.15) is 0 Å². The molecule has 0 aromatic carbocycles. The Morgan fingerprint density at radius 2 is 1.71 bits per heavy atom. The predicted octanol–water partition coefficient (Wildman–Crippen LogP) is 1.38. The molecule has 0 spiro atoms. The van der Waals surface area contributed by atoms with Gasteiger partial charge in [0, 0.05) is 0 Å². The van der Waals surface area contributed by atoms with Gasteiger partial charge in [-0.15, -0.1) is 11.6 Å². The van der Waals surface area contributed by atoms with E-state index in [1.807, 2.05) is 0 Å². The predicted molar refractivity (Wildman–Crippen MR) is 31.6 cm³/mol. The topological polar surface area (TPSA) is 20.2 Å². The lowest BCUT2D eigenvalue weighted by atomic mass is 10.1. The molecular formula is C5H11ClO. The molecule has 0 bridgehead atoms. The molecule has 0 saturated carbocycles. The van der Waals surface area contributed by atoms with Crippen LogP contribution in [0.5, 0.6) is 0 Å². The quantitative estimate of drug-likeness (QED) is 0.521. The molecule has 1 atom stereocenters. The van der Waals surface area contributed by atoms with Crippen LogP contribution in [0.25, 0.3) is 0 Å². The average Bonchev–Trinajstić information content (AvgIpc) is 1.31. The van der Waals surface area contributed by atoms with Gasteiger partial charge in [-0.1, -0.05) is 0 Å². The molecule has 7 heavy (non-hydrogen) atoms. The zero-order chi connectivity index (χ0) is 6.08. The second-order valence-electron chi connectivity index (χ2n) is 2.24. The third-order valence-electron chi connectivity index (χ3n) is 0.993. The maximum Gasteiger partial charge on any atom is 0.0698 e. The molecular weight excluding hydrogens is 112 g/mol. The van der Waals surface area contributed by atoms with E-state index in [4.69, 9.17) is 16.7 Å². The Kier molecular flexibility index (Phi) is 2.09. The molecule has 0 rings (SSSR count). The minimum absolute atomic E-state index is 0.436. The fourth-order valence-electron chi connectivity index (χ4n) is 0. The number of hydrogen-bond donors (Lipinski definition) is 1. The molecule has 2 heteroatoms. The molecule has 0 heterocycles. The summed E-state index contributed by atoms with van der Waals surface area (Å²) in [4.78, 5) is -0.472. The van der Waals surface area contributed by atoms with Gasteiger partial charge >= 0.3 is 0 Å².